The minimum atomic E-state index is -4.10. The van der Waals surface area contributed by atoms with E-state index in [0.717, 1.165) is 19.3 Å². The van der Waals surface area contributed by atoms with Crippen LogP contribution in [0.4, 0.5) is 0 Å². The van der Waals surface area contributed by atoms with E-state index in [1.807, 2.05) is 13.8 Å². The van der Waals surface area contributed by atoms with E-state index in [2.05, 4.69) is 0 Å². The molecule has 3 N–H and O–H groups in total. The van der Waals surface area contributed by atoms with Crippen LogP contribution in [-0.4, -0.2) is 92.1 Å². The van der Waals surface area contributed by atoms with Crippen LogP contribution in [0, 0.1) is 0 Å². The lowest BCUT2D eigenvalue weighted by molar-refractivity contribution is -0.00894. The van der Waals surface area contributed by atoms with Crippen molar-refractivity contribution in [3.8, 4) is 0 Å². The van der Waals surface area contributed by atoms with Gasteiger partial charge in [-0.3, -0.25) is 9.45 Å². The summed E-state index contributed by atoms with van der Waals surface area (Å²) < 4.78 is 41.3. The third-order valence-corrected chi connectivity index (χ3v) is 3.91. The molecule has 0 saturated heterocycles. The molecule has 0 aromatic carbocycles. The number of aliphatic hydroxyl groups excluding tert-OH is 2. The summed E-state index contributed by atoms with van der Waals surface area (Å²) in [7, 11) is -4.10. The molecule has 0 saturated carbocycles. The summed E-state index contributed by atoms with van der Waals surface area (Å²) in [5.74, 6) is -0.459. The van der Waals surface area contributed by atoms with Crippen molar-refractivity contribution in [2.45, 2.75) is 45.3 Å². The molecule has 0 aliphatic heterocycles. The van der Waals surface area contributed by atoms with Gasteiger partial charge in [-0.25, -0.2) is 0 Å². The van der Waals surface area contributed by atoms with Crippen LogP contribution >= 0.6 is 0 Å². The maximum absolute atomic E-state index is 10.9. The Kier molecular flexibility index (Phi) is 13.8. The largest absolute Gasteiger partial charge is 0.389 e. The van der Waals surface area contributed by atoms with E-state index in [9.17, 15) is 18.6 Å². The first kappa shape index (κ1) is 23.7. The third-order valence-electron chi connectivity index (χ3n) is 3.21. The molecule has 0 aliphatic rings. The van der Waals surface area contributed by atoms with E-state index in [1.165, 1.54) is 0 Å². The van der Waals surface area contributed by atoms with Crippen molar-refractivity contribution in [2.24, 2.45) is 0 Å². The highest BCUT2D eigenvalue weighted by molar-refractivity contribution is 7.85. The van der Waals surface area contributed by atoms with Crippen molar-refractivity contribution in [1.82, 2.24) is 4.90 Å². The lowest BCUT2D eigenvalue weighted by Crippen LogP contribution is -2.43. The zero-order chi connectivity index (χ0) is 18.4. The predicted molar refractivity (Wildman–Crippen MR) is 91.7 cm³/mol. The van der Waals surface area contributed by atoms with Gasteiger partial charge in [-0.2, -0.15) is 8.42 Å². The Morgan fingerprint density at radius 3 is 1.96 bits per heavy atom. The van der Waals surface area contributed by atoms with Crippen LogP contribution in [0.5, 0.6) is 0 Å². The molecular weight excluding hydrogens is 338 g/mol. The summed E-state index contributed by atoms with van der Waals surface area (Å²) in [5.41, 5.74) is 0. The standard InChI is InChI=1S/C15H33NO7S/c1-3-5-8-23-13-15(18)11-16(6-9-24(19,20)21)10-14(17)12-22-7-4-2/h14-15,17-18H,3-13H2,1-2H3,(H,19,20,21). The highest BCUT2D eigenvalue weighted by Gasteiger charge is 2.18. The SMILES string of the molecule is CCCCOCC(O)CN(CCS(=O)(=O)O)CC(O)COCCC. The van der Waals surface area contributed by atoms with Crippen LogP contribution in [-0.2, 0) is 19.6 Å². The number of unbranched alkanes of at least 4 members (excludes halogenated alkanes) is 1. The van der Waals surface area contributed by atoms with Gasteiger partial charge < -0.3 is 19.7 Å². The summed E-state index contributed by atoms with van der Waals surface area (Å²) in [6.07, 6.45) is 1.15. The van der Waals surface area contributed by atoms with E-state index in [4.69, 9.17) is 14.0 Å². The molecule has 2 unspecified atom stereocenters. The van der Waals surface area contributed by atoms with E-state index in [-0.39, 0.29) is 32.8 Å². The van der Waals surface area contributed by atoms with E-state index in [1.54, 1.807) is 4.90 Å². The fourth-order valence-electron chi connectivity index (χ4n) is 2.03. The molecule has 9 heteroatoms. The molecule has 0 aromatic heterocycles. The molecule has 0 fully saturated rings. The minimum absolute atomic E-state index is 0.00961. The van der Waals surface area contributed by atoms with Gasteiger partial charge in [-0.05, 0) is 12.8 Å². The van der Waals surface area contributed by atoms with E-state index < -0.39 is 28.1 Å². The lowest BCUT2D eigenvalue weighted by Gasteiger charge is -2.26. The molecule has 0 aliphatic carbocycles. The van der Waals surface area contributed by atoms with Crippen LogP contribution in [0.1, 0.15) is 33.1 Å². The van der Waals surface area contributed by atoms with Crippen molar-refractivity contribution >= 4 is 10.1 Å². The quantitative estimate of drug-likeness (QED) is 0.259. The average Bonchev–Trinajstić information content (AvgIpc) is 2.49. The molecular formula is C15H33NO7S. The highest BCUT2D eigenvalue weighted by Crippen LogP contribution is 2.00. The zero-order valence-corrected chi connectivity index (χ0v) is 15.6. The van der Waals surface area contributed by atoms with Gasteiger partial charge in [-0.15, -0.1) is 0 Å². The Labute approximate surface area is 145 Å². The van der Waals surface area contributed by atoms with Gasteiger partial charge in [0.25, 0.3) is 10.1 Å². The van der Waals surface area contributed by atoms with Gasteiger partial charge in [0.1, 0.15) is 0 Å². The molecule has 2 atom stereocenters. The van der Waals surface area contributed by atoms with Gasteiger partial charge >= 0.3 is 0 Å². The van der Waals surface area contributed by atoms with Crippen molar-refractivity contribution < 1.29 is 32.7 Å². The fourth-order valence-corrected chi connectivity index (χ4v) is 2.52. The van der Waals surface area contributed by atoms with Gasteiger partial charge in [0.05, 0.1) is 31.2 Å². The maximum Gasteiger partial charge on any atom is 0.266 e. The topological polar surface area (TPSA) is 117 Å². The van der Waals surface area contributed by atoms with Gasteiger partial charge in [0, 0.05) is 32.8 Å². The Balaban J connectivity index is 4.34. The molecule has 0 amide bonds. The normalized spacial score (nSPS) is 14.9. The summed E-state index contributed by atoms with van der Waals surface area (Å²) >= 11 is 0. The molecule has 146 valence electrons. The lowest BCUT2D eigenvalue weighted by atomic mass is 10.3. The zero-order valence-electron chi connectivity index (χ0n) is 14.8. The molecule has 0 rings (SSSR count). The first-order chi connectivity index (χ1) is 11.3. The van der Waals surface area contributed by atoms with E-state index >= 15 is 0 Å². The van der Waals surface area contributed by atoms with Crippen molar-refractivity contribution in [3.63, 3.8) is 0 Å². The third kappa shape index (κ3) is 15.3. The monoisotopic (exact) mass is 371 g/mol. The molecule has 0 radical (unpaired) electrons. The molecule has 0 aromatic rings. The van der Waals surface area contributed by atoms with Gasteiger partial charge in [0.15, 0.2) is 0 Å². The number of nitrogens with zero attached hydrogens (tertiary/aromatic N) is 1. The van der Waals surface area contributed by atoms with Crippen LogP contribution in [0.3, 0.4) is 0 Å². The van der Waals surface area contributed by atoms with Crippen molar-refractivity contribution in [2.75, 3.05) is 51.8 Å². The molecule has 24 heavy (non-hydrogen) atoms. The van der Waals surface area contributed by atoms with Gasteiger partial charge in [-0.1, -0.05) is 20.3 Å². The Morgan fingerprint density at radius 1 is 0.958 bits per heavy atom. The second-order valence-electron chi connectivity index (χ2n) is 5.86. The average molecular weight is 371 g/mol. The summed E-state index contributed by atoms with van der Waals surface area (Å²) in [6, 6.07) is 0. The number of hydrogen-bond donors (Lipinski definition) is 3. The molecule has 0 spiro atoms. The smallest absolute Gasteiger partial charge is 0.266 e. The number of rotatable bonds is 16. The maximum atomic E-state index is 10.9. The second kappa shape index (κ2) is 13.9. The molecule has 0 bridgehead atoms. The Hall–Kier alpha value is -0.290. The fraction of sp³-hybridized carbons (Fsp3) is 1.00. The van der Waals surface area contributed by atoms with Crippen LogP contribution in [0.25, 0.3) is 0 Å². The van der Waals surface area contributed by atoms with Crippen LogP contribution < -0.4 is 0 Å². The summed E-state index contributed by atoms with van der Waals surface area (Å²) in [6.45, 7) is 5.68. The van der Waals surface area contributed by atoms with Crippen LogP contribution in [0.15, 0.2) is 0 Å². The second-order valence-corrected chi connectivity index (χ2v) is 7.43. The molecule has 8 nitrogen and oxygen atoms in total. The number of aliphatic hydroxyl groups is 2. The number of ether oxygens (including phenoxy) is 2. The van der Waals surface area contributed by atoms with E-state index in [0.29, 0.717) is 13.2 Å². The summed E-state index contributed by atoms with van der Waals surface area (Å²) in [5, 5.41) is 19.9. The van der Waals surface area contributed by atoms with Crippen molar-refractivity contribution in [1.29, 1.82) is 0 Å². The number of hydrogen-bond acceptors (Lipinski definition) is 7. The predicted octanol–water partition coefficient (Wildman–Crippen LogP) is 0.141. The Morgan fingerprint density at radius 2 is 1.50 bits per heavy atom. The van der Waals surface area contributed by atoms with Gasteiger partial charge in [0.2, 0.25) is 0 Å². The first-order valence-electron chi connectivity index (χ1n) is 8.47. The minimum Gasteiger partial charge on any atom is -0.389 e. The summed E-state index contributed by atoms with van der Waals surface area (Å²) in [4.78, 5) is 1.58. The molecule has 0 heterocycles. The first-order valence-corrected chi connectivity index (χ1v) is 10.1. The van der Waals surface area contributed by atoms with Crippen LogP contribution in [0.2, 0.25) is 0 Å². The van der Waals surface area contributed by atoms with Crippen molar-refractivity contribution in [3.05, 3.63) is 0 Å². The highest BCUT2D eigenvalue weighted by atomic mass is 32.2. The Bertz CT molecular complexity index is 391.